The minimum atomic E-state index is -1.13. The predicted molar refractivity (Wildman–Crippen MR) is 97.7 cm³/mol. The summed E-state index contributed by atoms with van der Waals surface area (Å²) in [6, 6.07) is -2.44. The molecule has 4 atom stereocenters. The van der Waals surface area contributed by atoms with Gasteiger partial charge in [0, 0.05) is 18.6 Å². The number of rotatable bonds is 9. The predicted octanol–water partition coefficient (Wildman–Crippen LogP) is -0.340. The number of aldehydes is 1. The molecule has 0 spiro atoms. The van der Waals surface area contributed by atoms with Crippen molar-refractivity contribution in [3.63, 3.8) is 0 Å². The monoisotopic (exact) mass is 397 g/mol. The Hall–Kier alpha value is -2.36. The van der Waals surface area contributed by atoms with Gasteiger partial charge in [0.05, 0.1) is 6.04 Å². The van der Waals surface area contributed by atoms with Crippen LogP contribution in [0.2, 0.25) is 0 Å². The number of hydrogen-bond acceptors (Lipinski definition) is 6. The lowest BCUT2D eigenvalue weighted by molar-refractivity contribution is -0.160. The largest absolute Gasteiger partial charge is 0.479 e. The normalized spacial score (nSPS) is 25.1. The van der Waals surface area contributed by atoms with E-state index in [1.807, 2.05) is 0 Å². The van der Waals surface area contributed by atoms with Crippen molar-refractivity contribution in [1.82, 2.24) is 15.5 Å². The molecule has 2 aliphatic rings. The third kappa shape index (κ3) is 4.68. The first-order chi connectivity index (χ1) is 12.8. The minimum absolute atomic E-state index is 0.0998. The number of carboxylic acids is 1. The number of hydrogen-bond donors (Lipinski definition) is 3. The molecule has 3 N–H and O–H groups in total. The van der Waals surface area contributed by atoms with E-state index in [2.05, 4.69) is 17.2 Å². The summed E-state index contributed by atoms with van der Waals surface area (Å²) in [7, 11) is 0. The van der Waals surface area contributed by atoms with Crippen LogP contribution in [0.25, 0.3) is 0 Å². The number of nitrogens with one attached hydrogen (secondary N) is 2. The van der Waals surface area contributed by atoms with Gasteiger partial charge < -0.3 is 25.4 Å². The maximum absolute atomic E-state index is 12.3. The third-order valence-corrected chi connectivity index (χ3v) is 5.86. The zero-order chi connectivity index (χ0) is 20.1. The second-order valence-electron chi connectivity index (χ2n) is 6.45. The Morgan fingerprint density at radius 2 is 2.11 bits per heavy atom. The van der Waals surface area contributed by atoms with Crippen molar-refractivity contribution in [2.24, 2.45) is 0 Å². The summed E-state index contributed by atoms with van der Waals surface area (Å²) in [4.78, 5) is 59.2. The molecule has 148 valence electrons. The average molecular weight is 397 g/mol. The molecule has 3 unspecified atom stereocenters. The summed E-state index contributed by atoms with van der Waals surface area (Å²) in [5.74, 6) is -1.74. The summed E-state index contributed by atoms with van der Waals surface area (Å²) in [5.41, 5.74) is 0.455. The average Bonchev–Trinajstić information content (AvgIpc) is 2.64. The number of amides is 3. The van der Waals surface area contributed by atoms with Gasteiger partial charge in [-0.05, 0) is 18.4 Å². The van der Waals surface area contributed by atoms with Crippen LogP contribution in [0.5, 0.6) is 0 Å². The fraction of sp³-hybridized carbons (Fsp3) is 0.588. The number of aliphatic carboxylic acids is 1. The molecule has 0 saturated carbocycles. The number of carbonyl (C=O) groups is 5. The van der Waals surface area contributed by atoms with Gasteiger partial charge in [-0.1, -0.05) is 13.5 Å². The highest BCUT2D eigenvalue weighted by Gasteiger charge is 2.56. The zero-order valence-electron chi connectivity index (χ0n) is 15.0. The summed E-state index contributed by atoms with van der Waals surface area (Å²) in [5, 5.41) is 14.0. The highest BCUT2D eigenvalue weighted by Crippen LogP contribution is 2.39. The van der Waals surface area contributed by atoms with Crippen LogP contribution in [0.4, 0.5) is 0 Å². The molecule has 2 heterocycles. The number of carbonyl (C=O) groups excluding carboxylic acids is 4. The lowest BCUT2D eigenvalue weighted by Gasteiger charge is -2.52. The molecule has 0 bridgehead atoms. The molecule has 0 aromatic heterocycles. The fourth-order valence-corrected chi connectivity index (χ4v) is 4.35. The van der Waals surface area contributed by atoms with Gasteiger partial charge in [-0.3, -0.25) is 14.4 Å². The zero-order valence-corrected chi connectivity index (χ0v) is 15.8. The van der Waals surface area contributed by atoms with E-state index in [0.29, 0.717) is 30.5 Å². The van der Waals surface area contributed by atoms with Gasteiger partial charge in [-0.25, -0.2) is 4.79 Å². The third-order valence-electron chi connectivity index (χ3n) is 4.49. The number of β-lactam (4-membered cyclic amide) rings is 1. The van der Waals surface area contributed by atoms with Crippen LogP contribution in [-0.2, 0) is 24.0 Å². The highest BCUT2D eigenvalue weighted by atomic mass is 32.2. The quantitative estimate of drug-likeness (QED) is 0.275. The Kier molecular flexibility index (Phi) is 7.00. The van der Waals surface area contributed by atoms with E-state index >= 15 is 0 Å². The standard InChI is InChI=1S/C17H23N3O6S/c1-3-11(22)18-10(7-21)5-4-6-12(23)19-13-15(24)20-14(17(25)26)9(2)8-27-16(13)20/h7,10,13-14,16H,2-6,8H2,1H3,(H,18,22)(H,19,23)(H,25,26)/t10?,13?,14?,16-/m0/s1. The van der Waals surface area contributed by atoms with Crippen molar-refractivity contribution in [1.29, 1.82) is 0 Å². The van der Waals surface area contributed by atoms with Gasteiger partial charge in [0.25, 0.3) is 0 Å². The number of nitrogens with zero attached hydrogens (tertiary/aromatic N) is 1. The van der Waals surface area contributed by atoms with Crippen LogP contribution < -0.4 is 10.6 Å². The second kappa shape index (κ2) is 9.03. The van der Waals surface area contributed by atoms with E-state index in [1.165, 1.54) is 16.7 Å². The molecule has 0 aliphatic carbocycles. The molecule has 0 aromatic rings. The van der Waals surface area contributed by atoms with E-state index in [4.69, 9.17) is 0 Å². The van der Waals surface area contributed by atoms with Crippen LogP contribution >= 0.6 is 11.8 Å². The van der Waals surface area contributed by atoms with E-state index < -0.39 is 35.4 Å². The van der Waals surface area contributed by atoms with Gasteiger partial charge >= 0.3 is 5.97 Å². The van der Waals surface area contributed by atoms with E-state index in [-0.39, 0.29) is 24.7 Å². The summed E-state index contributed by atoms with van der Waals surface area (Å²) < 4.78 is 0. The van der Waals surface area contributed by atoms with E-state index in [9.17, 15) is 29.1 Å². The fourth-order valence-electron chi connectivity index (χ4n) is 3.04. The molecule has 0 aromatic carbocycles. The number of carboxylic acid groups (broad SMARTS) is 1. The van der Waals surface area contributed by atoms with Crippen molar-refractivity contribution in [3.05, 3.63) is 12.2 Å². The van der Waals surface area contributed by atoms with Crippen molar-refractivity contribution in [2.45, 2.75) is 56.1 Å². The molecule has 0 radical (unpaired) electrons. The molecule has 10 heteroatoms. The molecular weight excluding hydrogens is 374 g/mol. The van der Waals surface area contributed by atoms with Gasteiger partial charge in [0.1, 0.15) is 17.7 Å². The molecule has 2 saturated heterocycles. The SMILES string of the molecule is C=C1CS[C@H]2C(NC(=O)CCCC(C=O)NC(=O)CC)C(=O)N2C1C(=O)O. The van der Waals surface area contributed by atoms with Crippen LogP contribution in [0.3, 0.4) is 0 Å². The Labute approximate surface area is 160 Å². The first-order valence-corrected chi connectivity index (χ1v) is 9.73. The highest BCUT2D eigenvalue weighted by molar-refractivity contribution is 8.00. The van der Waals surface area contributed by atoms with Gasteiger partial charge in [-0.15, -0.1) is 11.8 Å². The first-order valence-electron chi connectivity index (χ1n) is 8.68. The smallest absolute Gasteiger partial charge is 0.330 e. The van der Waals surface area contributed by atoms with E-state index in [1.54, 1.807) is 6.92 Å². The van der Waals surface area contributed by atoms with Crippen LogP contribution in [-0.4, -0.2) is 69.2 Å². The van der Waals surface area contributed by atoms with Crippen molar-refractivity contribution in [2.75, 3.05) is 5.75 Å². The molecule has 9 nitrogen and oxygen atoms in total. The molecule has 3 amide bonds. The Morgan fingerprint density at radius 3 is 2.70 bits per heavy atom. The van der Waals surface area contributed by atoms with Crippen LogP contribution in [0.15, 0.2) is 12.2 Å². The second-order valence-corrected chi connectivity index (χ2v) is 7.55. The molecule has 27 heavy (non-hydrogen) atoms. The maximum atomic E-state index is 12.3. The number of thioether (sulfide) groups is 1. The molecule has 2 aliphatic heterocycles. The topological polar surface area (TPSA) is 133 Å². The van der Waals surface area contributed by atoms with Crippen LogP contribution in [0.1, 0.15) is 32.6 Å². The van der Waals surface area contributed by atoms with Crippen molar-refractivity contribution < 1.29 is 29.1 Å². The van der Waals surface area contributed by atoms with Gasteiger partial charge in [0.2, 0.25) is 17.7 Å². The Morgan fingerprint density at radius 1 is 1.41 bits per heavy atom. The summed E-state index contributed by atoms with van der Waals surface area (Å²) in [6.07, 6.45) is 1.70. The van der Waals surface area contributed by atoms with Crippen molar-refractivity contribution >= 4 is 41.7 Å². The Bertz CT molecular complexity index is 667. The van der Waals surface area contributed by atoms with E-state index in [0.717, 1.165) is 0 Å². The van der Waals surface area contributed by atoms with Gasteiger partial charge in [0.15, 0.2) is 6.04 Å². The molecular formula is C17H23N3O6S. The number of fused-ring (bicyclic) bond motifs is 1. The summed E-state index contributed by atoms with van der Waals surface area (Å²) in [6.45, 7) is 5.38. The Balaban J connectivity index is 1.81. The molecule has 2 rings (SSSR count). The lowest BCUT2D eigenvalue weighted by atomic mass is 9.98. The lowest BCUT2D eigenvalue weighted by Crippen LogP contribution is -2.74. The minimum Gasteiger partial charge on any atom is -0.479 e. The summed E-state index contributed by atoms with van der Waals surface area (Å²) >= 11 is 1.37. The molecule has 2 fully saturated rings. The van der Waals surface area contributed by atoms with Crippen LogP contribution in [0, 0.1) is 0 Å². The van der Waals surface area contributed by atoms with Crippen molar-refractivity contribution in [3.8, 4) is 0 Å². The van der Waals surface area contributed by atoms with Gasteiger partial charge in [-0.2, -0.15) is 0 Å². The maximum Gasteiger partial charge on any atom is 0.330 e. The first kappa shape index (κ1) is 20.9.